The predicted octanol–water partition coefficient (Wildman–Crippen LogP) is 4.39. The highest BCUT2D eigenvalue weighted by Gasteiger charge is 2.32. The number of nitrogens with zero attached hydrogens (tertiary/aromatic N) is 4. The van der Waals surface area contributed by atoms with Gasteiger partial charge in [0.25, 0.3) is 0 Å². The first-order chi connectivity index (χ1) is 18.4. The van der Waals surface area contributed by atoms with Crippen LogP contribution < -0.4 is 25.0 Å². The summed E-state index contributed by atoms with van der Waals surface area (Å²) in [5.41, 5.74) is 2.87. The summed E-state index contributed by atoms with van der Waals surface area (Å²) in [4.78, 5) is 27.8. The zero-order valence-electron chi connectivity index (χ0n) is 20.8. The molecule has 1 saturated heterocycles. The number of nitrogens with one attached hydrogen (secondary N) is 2. The molecule has 0 aliphatic carbocycles. The van der Waals surface area contributed by atoms with E-state index in [1.165, 1.54) is 20.3 Å². The van der Waals surface area contributed by atoms with Crippen LogP contribution in [0, 0.1) is 0 Å². The fraction of sp³-hybridized carbons (Fsp3) is 0.308. The number of hydrogen-bond donors (Lipinski definition) is 2. The minimum atomic E-state index is -0.235. The zero-order valence-corrected chi connectivity index (χ0v) is 22.3. The van der Waals surface area contributed by atoms with E-state index in [0.29, 0.717) is 65.2 Å². The first-order valence-electron chi connectivity index (χ1n) is 11.9. The Morgan fingerprint density at radius 2 is 1.97 bits per heavy atom. The number of halogens is 2. The van der Waals surface area contributed by atoms with E-state index in [0.717, 1.165) is 16.8 Å². The van der Waals surface area contributed by atoms with Gasteiger partial charge >= 0.3 is 0 Å². The Hall–Kier alpha value is -3.60. The van der Waals surface area contributed by atoms with Gasteiger partial charge in [0.15, 0.2) is 0 Å². The maximum atomic E-state index is 11.9. The molecule has 0 radical (unpaired) electrons. The van der Waals surface area contributed by atoms with E-state index in [2.05, 4.69) is 27.2 Å². The highest BCUT2D eigenvalue weighted by Crippen LogP contribution is 2.51. The van der Waals surface area contributed by atoms with Crippen LogP contribution in [0.4, 0.5) is 17.5 Å². The smallest absolute Gasteiger partial charge is 0.243 e. The molecule has 38 heavy (non-hydrogen) atoms. The van der Waals surface area contributed by atoms with E-state index in [-0.39, 0.29) is 18.0 Å². The molecule has 5 rings (SSSR count). The summed E-state index contributed by atoms with van der Waals surface area (Å²) in [5, 5.41) is 6.95. The molecule has 0 bridgehead atoms. The van der Waals surface area contributed by atoms with Crippen molar-refractivity contribution in [2.45, 2.75) is 25.0 Å². The SMILES string of the molecule is C=CC(=O)N[C@H]1CCOC[C@H]1Nc1ncc2c(n1)-c1cccnc1N(c1c(Cl)c(OC)cc(OC)c1Cl)C2. The second-order valence-electron chi connectivity index (χ2n) is 8.72. The quantitative estimate of drug-likeness (QED) is 0.409. The van der Waals surface area contributed by atoms with Crippen LogP contribution in [0.15, 0.2) is 43.2 Å². The maximum absolute atomic E-state index is 11.9. The number of methoxy groups -OCH3 is 2. The van der Waals surface area contributed by atoms with Gasteiger partial charge in [0.1, 0.15) is 27.4 Å². The molecule has 2 aromatic heterocycles. The van der Waals surface area contributed by atoms with Crippen molar-refractivity contribution in [2.24, 2.45) is 0 Å². The molecular formula is C26H26Cl2N6O4. The number of fused-ring (bicyclic) bond motifs is 3. The van der Waals surface area contributed by atoms with Crippen LogP contribution in [-0.2, 0) is 16.1 Å². The van der Waals surface area contributed by atoms with Crippen LogP contribution in [-0.4, -0.2) is 60.4 Å². The zero-order chi connectivity index (χ0) is 26.8. The van der Waals surface area contributed by atoms with Gasteiger partial charge in [-0.25, -0.2) is 15.0 Å². The molecule has 4 heterocycles. The number of aromatic nitrogens is 3. The van der Waals surface area contributed by atoms with Crippen molar-refractivity contribution in [1.29, 1.82) is 0 Å². The van der Waals surface area contributed by atoms with Crippen LogP contribution in [0.2, 0.25) is 10.0 Å². The van der Waals surface area contributed by atoms with Gasteiger partial charge < -0.3 is 29.7 Å². The normalized spacial score (nSPS) is 18.2. The third-order valence-corrected chi connectivity index (χ3v) is 7.23. The molecule has 1 fully saturated rings. The molecule has 0 spiro atoms. The average Bonchev–Trinajstić information content (AvgIpc) is 2.94. The second-order valence-corrected chi connectivity index (χ2v) is 9.48. The molecule has 198 valence electrons. The van der Waals surface area contributed by atoms with Crippen molar-refractivity contribution < 1.29 is 19.0 Å². The van der Waals surface area contributed by atoms with E-state index in [9.17, 15) is 4.79 Å². The minimum absolute atomic E-state index is 0.148. The Morgan fingerprint density at radius 3 is 2.68 bits per heavy atom. The van der Waals surface area contributed by atoms with Crippen LogP contribution in [0.3, 0.4) is 0 Å². The van der Waals surface area contributed by atoms with Crippen molar-refractivity contribution in [3.63, 3.8) is 0 Å². The number of carbonyl (C=O) groups is 1. The number of anilines is 3. The molecule has 0 unspecified atom stereocenters. The van der Waals surface area contributed by atoms with E-state index in [1.54, 1.807) is 18.5 Å². The molecule has 2 atom stereocenters. The summed E-state index contributed by atoms with van der Waals surface area (Å²) in [6, 6.07) is 5.06. The average molecular weight is 557 g/mol. The number of benzene rings is 1. The summed E-state index contributed by atoms with van der Waals surface area (Å²) in [6.07, 6.45) is 5.37. The van der Waals surface area contributed by atoms with E-state index < -0.39 is 0 Å². The first kappa shape index (κ1) is 26.0. The van der Waals surface area contributed by atoms with Crippen molar-refractivity contribution in [3.05, 3.63) is 58.9 Å². The summed E-state index contributed by atoms with van der Waals surface area (Å²) >= 11 is 13.5. The van der Waals surface area contributed by atoms with Gasteiger partial charge in [-0.1, -0.05) is 29.8 Å². The van der Waals surface area contributed by atoms with Gasteiger partial charge in [-0.3, -0.25) is 4.79 Å². The Kier molecular flexibility index (Phi) is 7.55. The molecule has 12 heteroatoms. The molecule has 3 aromatic rings. The lowest BCUT2D eigenvalue weighted by Gasteiger charge is -2.34. The van der Waals surface area contributed by atoms with Gasteiger partial charge in [0, 0.05) is 36.2 Å². The van der Waals surface area contributed by atoms with E-state index in [1.807, 2.05) is 17.0 Å². The monoisotopic (exact) mass is 556 g/mol. The fourth-order valence-electron chi connectivity index (χ4n) is 4.62. The van der Waals surface area contributed by atoms with Gasteiger partial charge in [0.2, 0.25) is 11.9 Å². The molecule has 0 saturated carbocycles. The van der Waals surface area contributed by atoms with Crippen molar-refractivity contribution in [1.82, 2.24) is 20.3 Å². The van der Waals surface area contributed by atoms with Crippen LogP contribution in [0.5, 0.6) is 11.5 Å². The summed E-state index contributed by atoms with van der Waals surface area (Å²) in [5.74, 6) is 1.66. The molecule has 2 N–H and O–H groups in total. The van der Waals surface area contributed by atoms with Gasteiger partial charge in [-0.15, -0.1) is 0 Å². The largest absolute Gasteiger partial charge is 0.495 e. The fourth-order valence-corrected chi connectivity index (χ4v) is 5.33. The Morgan fingerprint density at radius 1 is 1.21 bits per heavy atom. The predicted molar refractivity (Wildman–Crippen MR) is 146 cm³/mol. The van der Waals surface area contributed by atoms with Crippen LogP contribution in [0.1, 0.15) is 12.0 Å². The van der Waals surface area contributed by atoms with Crippen molar-refractivity contribution in [3.8, 4) is 22.8 Å². The number of ether oxygens (including phenoxy) is 3. The standard InChI is InChI=1S/C26H26Cl2N6O4/c1-4-20(35)31-16-7-9-38-13-17(16)32-26-30-11-14-12-34(25-15(23(14)33-26)6-5-8-29-25)24-21(27)18(36-2)10-19(37-3)22(24)28/h4-6,8,10-11,16-17H,1,7,9,12-13H2,2-3H3,(H,31,35)(H,30,32,33)/t16-,17+/m0/s1. The maximum Gasteiger partial charge on any atom is 0.243 e. The van der Waals surface area contributed by atoms with E-state index >= 15 is 0 Å². The summed E-state index contributed by atoms with van der Waals surface area (Å²) in [7, 11) is 3.06. The molecule has 1 amide bonds. The minimum Gasteiger partial charge on any atom is -0.495 e. The Bertz CT molecular complexity index is 1360. The Balaban J connectivity index is 1.51. The lowest BCUT2D eigenvalue weighted by molar-refractivity contribution is -0.117. The third-order valence-electron chi connectivity index (χ3n) is 6.49. The Labute approximate surface area is 229 Å². The van der Waals surface area contributed by atoms with Gasteiger partial charge in [0.05, 0.1) is 50.8 Å². The van der Waals surface area contributed by atoms with Gasteiger partial charge in [-0.2, -0.15) is 0 Å². The number of hydrogen-bond acceptors (Lipinski definition) is 9. The van der Waals surface area contributed by atoms with E-state index in [4.69, 9.17) is 42.4 Å². The molecule has 1 aromatic carbocycles. The van der Waals surface area contributed by atoms with Crippen molar-refractivity contribution in [2.75, 3.05) is 37.7 Å². The topological polar surface area (TPSA) is 111 Å². The third kappa shape index (κ3) is 4.82. The highest BCUT2D eigenvalue weighted by molar-refractivity contribution is 6.41. The number of pyridine rings is 1. The molecule has 2 aliphatic rings. The molecule has 2 aliphatic heterocycles. The first-order valence-corrected chi connectivity index (χ1v) is 12.7. The second kappa shape index (κ2) is 11.0. The van der Waals surface area contributed by atoms with Crippen LogP contribution in [0.25, 0.3) is 11.3 Å². The summed E-state index contributed by atoms with van der Waals surface area (Å²) in [6.45, 7) is 4.86. The lowest BCUT2D eigenvalue weighted by atomic mass is 10.0. The number of rotatable bonds is 7. The van der Waals surface area contributed by atoms with Crippen LogP contribution >= 0.6 is 23.2 Å². The number of amides is 1. The molecule has 10 nitrogen and oxygen atoms in total. The summed E-state index contributed by atoms with van der Waals surface area (Å²) < 4.78 is 16.6. The lowest BCUT2D eigenvalue weighted by Crippen LogP contribution is -2.52. The van der Waals surface area contributed by atoms with Crippen molar-refractivity contribution >= 4 is 46.6 Å². The highest BCUT2D eigenvalue weighted by atomic mass is 35.5. The number of carbonyl (C=O) groups excluding carboxylic acids is 1. The molecular weight excluding hydrogens is 531 g/mol. The van der Waals surface area contributed by atoms with Gasteiger partial charge in [-0.05, 0) is 24.6 Å².